The molecule has 0 aromatic heterocycles. The molecular weight excluding hydrogens is 632 g/mol. The van der Waals surface area contributed by atoms with E-state index in [2.05, 4.69) is 116 Å². The molecule has 2 aromatic rings. The van der Waals surface area contributed by atoms with Crippen molar-refractivity contribution in [3.8, 4) is 0 Å². The number of halogens is 2. The van der Waals surface area contributed by atoms with Crippen molar-refractivity contribution in [2.45, 2.75) is 62.6 Å². The van der Waals surface area contributed by atoms with Gasteiger partial charge in [-0.15, -0.1) is 0 Å². The van der Waals surface area contributed by atoms with Gasteiger partial charge in [0.25, 0.3) is 0 Å². The summed E-state index contributed by atoms with van der Waals surface area (Å²) >= 11 is -0.858. The molecule has 0 spiro atoms. The fourth-order valence-electron chi connectivity index (χ4n) is 6.01. The normalized spacial score (nSPS) is 17.8. The Kier molecular flexibility index (Phi) is 14.7. The maximum absolute atomic E-state index is 2.67. The third kappa shape index (κ3) is 9.11. The molecule has 39 heavy (non-hydrogen) atoms. The number of benzene rings is 2. The van der Waals surface area contributed by atoms with Crippen LogP contribution in [0.2, 0.25) is 0 Å². The second-order valence-electron chi connectivity index (χ2n) is 12.8. The van der Waals surface area contributed by atoms with Gasteiger partial charge in [0, 0.05) is 0 Å². The van der Waals surface area contributed by atoms with Crippen molar-refractivity contribution in [3.63, 3.8) is 0 Å². The minimum atomic E-state index is -0.858. The summed E-state index contributed by atoms with van der Waals surface area (Å²) in [4.78, 5) is 0. The summed E-state index contributed by atoms with van der Waals surface area (Å²) in [7, 11) is -0.164. The first kappa shape index (κ1) is 35.4. The van der Waals surface area contributed by atoms with Crippen molar-refractivity contribution in [1.29, 1.82) is 0 Å². The molecule has 2 unspecified atom stereocenters. The van der Waals surface area contributed by atoms with Gasteiger partial charge in [0.2, 0.25) is 0 Å². The van der Waals surface area contributed by atoms with E-state index in [-0.39, 0.29) is 40.7 Å². The molecule has 0 radical (unpaired) electrons. The van der Waals surface area contributed by atoms with Crippen molar-refractivity contribution in [3.05, 3.63) is 81.4 Å². The first-order chi connectivity index (χ1) is 17.6. The van der Waals surface area contributed by atoms with Crippen LogP contribution in [-0.4, -0.2) is 24.6 Å². The van der Waals surface area contributed by atoms with Crippen LogP contribution in [-0.2, 0) is 23.2 Å². The Balaban J connectivity index is 0.00000267. The summed E-state index contributed by atoms with van der Waals surface area (Å²) in [5.41, 5.74) is 6.41. The van der Waals surface area contributed by atoms with E-state index in [0.717, 1.165) is 30.9 Å². The third-order valence-corrected chi connectivity index (χ3v) is 20.0. The van der Waals surface area contributed by atoms with Crippen LogP contribution < -0.4 is 24.8 Å². The SMILES string of the molecule is CC(C)CP(CC(C)C)C1=Cc2ccccc2[CH]1[Zr+2][CH]1C(P(CC(C)C)CC(C)C)=Cc2ccccc21.[Cl-].[Cl-]. The van der Waals surface area contributed by atoms with Crippen molar-refractivity contribution >= 4 is 28.0 Å². The molecule has 0 N–H and O–H groups in total. The molecule has 0 aliphatic heterocycles. The van der Waals surface area contributed by atoms with Gasteiger partial charge in [0.1, 0.15) is 0 Å². The topological polar surface area (TPSA) is 0 Å². The van der Waals surface area contributed by atoms with Gasteiger partial charge >= 0.3 is 244 Å². The predicted molar refractivity (Wildman–Crippen MR) is 167 cm³/mol. The molecular formula is C34H48Cl2P2Zr. The van der Waals surface area contributed by atoms with Crippen molar-refractivity contribution in [2.24, 2.45) is 23.7 Å². The van der Waals surface area contributed by atoms with Gasteiger partial charge in [-0.1, -0.05) is 0 Å². The quantitative estimate of drug-likeness (QED) is 0.282. The molecule has 0 bridgehead atoms. The molecule has 5 heteroatoms. The van der Waals surface area contributed by atoms with E-state index in [1.165, 1.54) is 35.8 Å². The zero-order valence-corrected chi connectivity index (χ0v) is 31.0. The van der Waals surface area contributed by atoms with Gasteiger partial charge in [-0.25, -0.2) is 0 Å². The number of allylic oxidation sites excluding steroid dienone is 2. The van der Waals surface area contributed by atoms with Gasteiger partial charge in [0.05, 0.1) is 0 Å². The molecule has 0 heterocycles. The van der Waals surface area contributed by atoms with E-state index in [4.69, 9.17) is 0 Å². The summed E-state index contributed by atoms with van der Waals surface area (Å²) in [5, 5.41) is 3.73. The van der Waals surface area contributed by atoms with Crippen molar-refractivity contribution in [1.82, 2.24) is 0 Å². The molecule has 2 aliphatic carbocycles. The molecule has 2 atom stereocenters. The van der Waals surface area contributed by atoms with Crippen LogP contribution in [0, 0.1) is 23.7 Å². The van der Waals surface area contributed by atoms with E-state index < -0.39 is 23.2 Å². The van der Waals surface area contributed by atoms with Gasteiger partial charge in [0.15, 0.2) is 0 Å². The number of fused-ring (bicyclic) bond motifs is 2. The number of rotatable bonds is 12. The fraction of sp³-hybridized carbons (Fsp3) is 0.529. The number of hydrogen-bond donors (Lipinski definition) is 0. The van der Waals surface area contributed by atoms with E-state index in [1.807, 2.05) is 10.6 Å². The molecule has 0 saturated carbocycles. The minimum Gasteiger partial charge on any atom is -1.00 e. The summed E-state index contributed by atoms with van der Waals surface area (Å²) in [5.74, 6) is 3.09. The second kappa shape index (κ2) is 16.2. The van der Waals surface area contributed by atoms with Crippen molar-refractivity contribution in [2.75, 3.05) is 24.6 Å². The zero-order valence-electron chi connectivity index (χ0n) is 25.2. The molecule has 2 aliphatic rings. The Morgan fingerprint density at radius 2 is 0.846 bits per heavy atom. The van der Waals surface area contributed by atoms with Crippen LogP contribution in [0.15, 0.2) is 59.2 Å². The average molecular weight is 681 g/mol. The summed E-state index contributed by atoms with van der Waals surface area (Å²) < 4.78 is 1.47. The second-order valence-corrected chi connectivity index (χ2v) is 21.1. The van der Waals surface area contributed by atoms with Crippen LogP contribution >= 0.6 is 15.8 Å². The molecule has 0 amide bonds. The fourth-order valence-corrected chi connectivity index (χ4v) is 20.2. The third-order valence-electron chi connectivity index (χ3n) is 7.22. The molecule has 4 rings (SSSR count). The van der Waals surface area contributed by atoms with Crippen LogP contribution in [0.3, 0.4) is 0 Å². The molecule has 212 valence electrons. The Morgan fingerprint density at radius 3 is 1.15 bits per heavy atom. The Morgan fingerprint density at radius 1 is 0.538 bits per heavy atom. The van der Waals surface area contributed by atoms with E-state index in [0.29, 0.717) is 0 Å². The Bertz CT molecular complexity index is 1010. The van der Waals surface area contributed by atoms with E-state index in [1.54, 1.807) is 11.1 Å². The standard InChI is InChI=1S/2C17H24P.2ClH.Zr/c2*1-13(2)11-18(12-14(3)4)17-9-15-7-5-6-8-16(15)10-17;;;/h2*5-10,13-14H,11-12H2,1-4H3;2*1H;/q;;;;+2/p-2. The molecule has 0 saturated heterocycles. The van der Waals surface area contributed by atoms with Crippen molar-refractivity contribution < 1.29 is 48.0 Å². The van der Waals surface area contributed by atoms with Gasteiger partial charge in [-0.2, -0.15) is 0 Å². The molecule has 2 aromatic carbocycles. The predicted octanol–water partition coefficient (Wildman–Crippen LogP) is 4.86. The molecule has 0 nitrogen and oxygen atoms in total. The summed E-state index contributed by atoms with van der Waals surface area (Å²) in [6.07, 6.45) is 10.9. The maximum atomic E-state index is 2.67. The zero-order chi connectivity index (χ0) is 26.7. The first-order valence-electron chi connectivity index (χ1n) is 14.5. The molecule has 0 fully saturated rings. The average Bonchev–Trinajstić information content (AvgIpc) is 3.36. The van der Waals surface area contributed by atoms with Crippen LogP contribution in [0.1, 0.15) is 84.9 Å². The van der Waals surface area contributed by atoms with E-state index in [9.17, 15) is 0 Å². The largest absolute Gasteiger partial charge is 1.00 e. The van der Waals surface area contributed by atoms with Crippen LogP contribution in [0.4, 0.5) is 0 Å². The smallest absolute Gasteiger partial charge is 1.00 e. The van der Waals surface area contributed by atoms with Gasteiger partial charge in [-0.3, -0.25) is 0 Å². The van der Waals surface area contributed by atoms with Gasteiger partial charge < -0.3 is 24.8 Å². The van der Waals surface area contributed by atoms with Crippen LogP contribution in [0.5, 0.6) is 0 Å². The van der Waals surface area contributed by atoms with E-state index >= 15 is 0 Å². The monoisotopic (exact) mass is 678 g/mol. The number of hydrogen-bond acceptors (Lipinski definition) is 0. The van der Waals surface area contributed by atoms with Crippen LogP contribution in [0.25, 0.3) is 12.2 Å². The summed E-state index contributed by atoms with van der Waals surface area (Å²) in [6, 6.07) is 18.9. The maximum Gasteiger partial charge on any atom is -1.00 e. The van der Waals surface area contributed by atoms with Gasteiger partial charge in [-0.05, 0) is 0 Å². The first-order valence-corrected chi connectivity index (χ1v) is 20.8. The minimum absolute atomic E-state index is 0. The Labute approximate surface area is 266 Å². The summed E-state index contributed by atoms with van der Waals surface area (Å²) in [6.45, 7) is 19.5. The Hall–Kier alpha value is 0.243.